The highest BCUT2D eigenvalue weighted by Gasteiger charge is 2.18. The lowest BCUT2D eigenvalue weighted by Gasteiger charge is -2.07. The van der Waals surface area contributed by atoms with Gasteiger partial charge in [-0.15, -0.1) is 0 Å². The van der Waals surface area contributed by atoms with E-state index in [9.17, 15) is 4.79 Å². The van der Waals surface area contributed by atoms with Gasteiger partial charge in [-0.1, -0.05) is 18.2 Å². The molecule has 5 heteroatoms. The third kappa shape index (κ3) is 2.56. The van der Waals surface area contributed by atoms with E-state index >= 15 is 0 Å². The number of carbonyl (C=O) groups excluding carboxylic acids is 1. The Morgan fingerprint density at radius 2 is 1.95 bits per heavy atom. The van der Waals surface area contributed by atoms with Crippen LogP contribution in [0.1, 0.15) is 21.7 Å². The SMILES string of the molecule is Cc1nc2c(C)cc(Br)cn2c1C(=O)Nc1ccccc1. The van der Waals surface area contributed by atoms with E-state index in [0.29, 0.717) is 11.4 Å². The Hall–Kier alpha value is -2.14. The quantitative estimate of drug-likeness (QED) is 0.765. The summed E-state index contributed by atoms with van der Waals surface area (Å²) in [6, 6.07) is 11.4. The van der Waals surface area contributed by atoms with Crippen LogP contribution in [0.2, 0.25) is 0 Å². The van der Waals surface area contributed by atoms with Gasteiger partial charge >= 0.3 is 0 Å². The number of aryl methyl sites for hydroxylation is 2. The van der Waals surface area contributed by atoms with Crippen LogP contribution in [0.3, 0.4) is 0 Å². The van der Waals surface area contributed by atoms with E-state index in [1.165, 1.54) is 0 Å². The van der Waals surface area contributed by atoms with Gasteiger partial charge in [0, 0.05) is 16.4 Å². The molecule has 2 heterocycles. The van der Waals surface area contributed by atoms with Crippen LogP contribution in [0.25, 0.3) is 5.65 Å². The highest BCUT2D eigenvalue weighted by atomic mass is 79.9. The molecule has 0 bridgehead atoms. The highest BCUT2D eigenvalue weighted by Crippen LogP contribution is 2.21. The fourth-order valence-electron chi connectivity index (χ4n) is 2.37. The van der Waals surface area contributed by atoms with E-state index in [2.05, 4.69) is 26.2 Å². The first kappa shape index (κ1) is 13.8. The molecule has 0 fully saturated rings. The Balaban J connectivity index is 2.08. The molecule has 1 aromatic carbocycles. The number of halogens is 1. The maximum Gasteiger partial charge on any atom is 0.274 e. The number of pyridine rings is 1. The van der Waals surface area contributed by atoms with Gasteiger partial charge in [-0.05, 0) is 53.5 Å². The largest absolute Gasteiger partial charge is 0.321 e. The van der Waals surface area contributed by atoms with E-state index in [4.69, 9.17) is 0 Å². The van der Waals surface area contributed by atoms with Crippen molar-refractivity contribution in [2.45, 2.75) is 13.8 Å². The molecule has 3 aromatic rings. The molecule has 1 N–H and O–H groups in total. The third-order valence-corrected chi connectivity index (χ3v) is 3.73. The number of nitrogens with zero attached hydrogens (tertiary/aromatic N) is 2. The summed E-state index contributed by atoms with van der Waals surface area (Å²) in [5.74, 6) is -0.163. The number of hydrogen-bond acceptors (Lipinski definition) is 2. The predicted molar refractivity (Wildman–Crippen MR) is 86.8 cm³/mol. The van der Waals surface area contributed by atoms with Crippen molar-refractivity contribution < 1.29 is 4.79 Å². The van der Waals surface area contributed by atoms with Crippen molar-refractivity contribution >= 4 is 33.2 Å². The number of para-hydroxylation sites is 1. The van der Waals surface area contributed by atoms with Gasteiger partial charge in [0.2, 0.25) is 0 Å². The molecule has 2 aromatic heterocycles. The molecular weight excluding hydrogens is 330 g/mol. The summed E-state index contributed by atoms with van der Waals surface area (Å²) in [5, 5.41) is 2.90. The van der Waals surface area contributed by atoms with Gasteiger partial charge in [-0.3, -0.25) is 9.20 Å². The second-order valence-corrected chi connectivity index (χ2v) is 5.82. The number of anilines is 1. The Morgan fingerprint density at radius 1 is 1.24 bits per heavy atom. The molecule has 0 aliphatic heterocycles. The summed E-state index contributed by atoms with van der Waals surface area (Å²) in [7, 11) is 0. The van der Waals surface area contributed by atoms with Crippen LogP contribution in [0, 0.1) is 13.8 Å². The normalized spacial score (nSPS) is 10.8. The number of hydrogen-bond donors (Lipinski definition) is 1. The highest BCUT2D eigenvalue weighted by molar-refractivity contribution is 9.10. The second kappa shape index (κ2) is 5.33. The van der Waals surface area contributed by atoms with Crippen molar-refractivity contribution in [3.8, 4) is 0 Å². The van der Waals surface area contributed by atoms with Gasteiger partial charge < -0.3 is 5.32 Å². The lowest BCUT2D eigenvalue weighted by molar-refractivity contribution is 0.102. The molecule has 0 radical (unpaired) electrons. The van der Waals surface area contributed by atoms with Crippen molar-refractivity contribution in [1.29, 1.82) is 0 Å². The van der Waals surface area contributed by atoms with Crippen LogP contribution in [-0.4, -0.2) is 15.3 Å². The van der Waals surface area contributed by atoms with Gasteiger partial charge in [0.25, 0.3) is 5.91 Å². The van der Waals surface area contributed by atoms with Crippen LogP contribution in [-0.2, 0) is 0 Å². The first-order valence-corrected chi connectivity index (χ1v) is 7.37. The van der Waals surface area contributed by atoms with Crippen LogP contribution < -0.4 is 5.32 Å². The minimum absolute atomic E-state index is 0.163. The Kier molecular flexibility index (Phi) is 3.51. The van der Waals surface area contributed by atoms with Crippen molar-refractivity contribution in [2.75, 3.05) is 5.32 Å². The summed E-state index contributed by atoms with van der Waals surface area (Å²) in [6.07, 6.45) is 1.86. The average molecular weight is 344 g/mol. The Bertz CT molecular complexity index is 824. The summed E-state index contributed by atoms with van der Waals surface area (Å²) < 4.78 is 2.74. The summed E-state index contributed by atoms with van der Waals surface area (Å²) >= 11 is 3.46. The summed E-state index contributed by atoms with van der Waals surface area (Å²) in [5.41, 5.74) is 3.85. The Labute approximate surface area is 131 Å². The molecule has 0 saturated carbocycles. The summed E-state index contributed by atoms with van der Waals surface area (Å²) in [4.78, 5) is 17.0. The first-order valence-electron chi connectivity index (χ1n) is 6.57. The minimum Gasteiger partial charge on any atom is -0.321 e. The zero-order valence-corrected chi connectivity index (χ0v) is 13.3. The van der Waals surface area contributed by atoms with Gasteiger partial charge in [0.15, 0.2) is 0 Å². The van der Waals surface area contributed by atoms with E-state index in [1.807, 2.05) is 60.8 Å². The van der Waals surface area contributed by atoms with Crippen molar-refractivity contribution in [3.63, 3.8) is 0 Å². The van der Waals surface area contributed by atoms with Crippen LogP contribution >= 0.6 is 15.9 Å². The molecule has 4 nitrogen and oxygen atoms in total. The third-order valence-electron chi connectivity index (χ3n) is 3.29. The number of carbonyl (C=O) groups is 1. The monoisotopic (exact) mass is 343 g/mol. The average Bonchev–Trinajstić information content (AvgIpc) is 2.76. The molecule has 0 saturated heterocycles. The fraction of sp³-hybridized carbons (Fsp3) is 0.125. The fourth-order valence-corrected chi connectivity index (χ4v) is 2.92. The lowest BCUT2D eigenvalue weighted by Crippen LogP contribution is -2.15. The number of benzene rings is 1. The zero-order valence-electron chi connectivity index (χ0n) is 11.7. The smallest absolute Gasteiger partial charge is 0.274 e. The van der Waals surface area contributed by atoms with Crippen LogP contribution in [0.4, 0.5) is 5.69 Å². The zero-order chi connectivity index (χ0) is 15.0. The molecule has 0 aliphatic rings. The minimum atomic E-state index is -0.163. The predicted octanol–water partition coefficient (Wildman–Crippen LogP) is 3.97. The van der Waals surface area contributed by atoms with Gasteiger partial charge in [-0.2, -0.15) is 0 Å². The van der Waals surface area contributed by atoms with Crippen LogP contribution in [0.15, 0.2) is 47.1 Å². The number of fused-ring (bicyclic) bond motifs is 1. The maximum atomic E-state index is 12.5. The van der Waals surface area contributed by atoms with Crippen molar-refractivity contribution in [1.82, 2.24) is 9.38 Å². The standard InChI is InChI=1S/C16H14BrN3O/c1-10-8-12(17)9-20-14(11(2)18-15(10)20)16(21)19-13-6-4-3-5-7-13/h3-9H,1-2H3,(H,19,21). The van der Waals surface area contributed by atoms with Crippen molar-refractivity contribution in [3.05, 3.63) is 64.0 Å². The molecule has 0 spiro atoms. The number of nitrogens with one attached hydrogen (secondary N) is 1. The van der Waals surface area contributed by atoms with E-state index in [1.54, 1.807) is 0 Å². The van der Waals surface area contributed by atoms with Gasteiger partial charge in [0.1, 0.15) is 11.3 Å². The maximum absolute atomic E-state index is 12.5. The second-order valence-electron chi connectivity index (χ2n) is 4.90. The van der Waals surface area contributed by atoms with Crippen molar-refractivity contribution in [2.24, 2.45) is 0 Å². The molecule has 3 rings (SSSR count). The number of amides is 1. The van der Waals surface area contributed by atoms with E-state index in [0.717, 1.165) is 21.4 Å². The Morgan fingerprint density at radius 3 is 2.67 bits per heavy atom. The van der Waals surface area contributed by atoms with Gasteiger partial charge in [0.05, 0.1) is 5.69 Å². The van der Waals surface area contributed by atoms with Crippen LogP contribution in [0.5, 0.6) is 0 Å². The van der Waals surface area contributed by atoms with E-state index in [-0.39, 0.29) is 5.91 Å². The topological polar surface area (TPSA) is 46.4 Å². The lowest BCUT2D eigenvalue weighted by atomic mass is 10.2. The summed E-state index contributed by atoms with van der Waals surface area (Å²) in [6.45, 7) is 3.83. The molecule has 106 valence electrons. The molecular formula is C16H14BrN3O. The molecule has 1 amide bonds. The molecule has 0 atom stereocenters. The number of aromatic nitrogens is 2. The molecule has 0 unspecified atom stereocenters. The van der Waals surface area contributed by atoms with Gasteiger partial charge in [-0.25, -0.2) is 4.98 Å². The van der Waals surface area contributed by atoms with E-state index < -0.39 is 0 Å². The number of imidazole rings is 1. The molecule has 0 aliphatic carbocycles. The molecule has 21 heavy (non-hydrogen) atoms. The first-order chi connectivity index (χ1) is 10.1. The number of rotatable bonds is 2.